The number of benzene rings is 1. The Balaban J connectivity index is 1.54. The number of halogens is 2. The van der Waals surface area contributed by atoms with Gasteiger partial charge in [0.05, 0.1) is 17.9 Å². The van der Waals surface area contributed by atoms with E-state index in [-0.39, 0.29) is 42.5 Å². The standard InChI is InChI=1S/C19H22F2N2O3/c1-11(12-6-7-15(20)16(21)10-12)22-17(24)8-9-23-18(25)13-4-2-3-5-14(13)19(23)26/h6-7,10-11,13-14H,2-5,8-9H2,1H3,(H,22,24)/t11-,13-,14-/m0/s1. The van der Waals surface area contributed by atoms with Crippen molar-refractivity contribution in [3.8, 4) is 0 Å². The van der Waals surface area contributed by atoms with Gasteiger partial charge in [0.15, 0.2) is 11.6 Å². The molecule has 5 nitrogen and oxygen atoms in total. The lowest BCUT2D eigenvalue weighted by Crippen LogP contribution is -2.36. The molecule has 1 aromatic carbocycles. The Labute approximate surface area is 150 Å². The van der Waals surface area contributed by atoms with E-state index in [0.717, 1.165) is 37.8 Å². The Hall–Kier alpha value is -2.31. The van der Waals surface area contributed by atoms with Crippen LogP contribution in [0.3, 0.4) is 0 Å². The summed E-state index contributed by atoms with van der Waals surface area (Å²) >= 11 is 0. The second-order valence-electron chi connectivity index (χ2n) is 7.04. The number of hydrogen-bond acceptors (Lipinski definition) is 3. The third-order valence-corrected chi connectivity index (χ3v) is 5.32. The Morgan fingerprint density at radius 3 is 2.35 bits per heavy atom. The predicted molar refractivity (Wildman–Crippen MR) is 89.7 cm³/mol. The maximum absolute atomic E-state index is 13.3. The third-order valence-electron chi connectivity index (χ3n) is 5.32. The Morgan fingerprint density at radius 1 is 1.15 bits per heavy atom. The lowest BCUT2D eigenvalue weighted by atomic mass is 9.81. The zero-order valence-corrected chi connectivity index (χ0v) is 14.6. The molecule has 3 rings (SSSR count). The molecule has 0 spiro atoms. The molecule has 1 heterocycles. The second kappa shape index (κ2) is 7.51. The zero-order valence-electron chi connectivity index (χ0n) is 14.6. The average molecular weight is 364 g/mol. The van der Waals surface area contributed by atoms with Crippen molar-refractivity contribution in [3.63, 3.8) is 0 Å². The average Bonchev–Trinajstić information content (AvgIpc) is 2.86. The fourth-order valence-corrected chi connectivity index (χ4v) is 3.84. The fourth-order valence-electron chi connectivity index (χ4n) is 3.84. The van der Waals surface area contributed by atoms with Crippen LogP contribution < -0.4 is 5.32 Å². The summed E-state index contributed by atoms with van der Waals surface area (Å²) in [4.78, 5) is 38.1. The molecule has 1 aromatic rings. The number of rotatable bonds is 5. The molecule has 140 valence electrons. The molecule has 7 heteroatoms. The van der Waals surface area contributed by atoms with Gasteiger partial charge in [-0.3, -0.25) is 19.3 Å². The SMILES string of the molecule is C[C@H](NC(=O)CCN1C(=O)[C@H]2CCCC[C@@H]2C1=O)c1ccc(F)c(F)c1. The van der Waals surface area contributed by atoms with Gasteiger partial charge in [-0.1, -0.05) is 18.9 Å². The Morgan fingerprint density at radius 2 is 1.77 bits per heavy atom. The molecule has 2 aliphatic rings. The second-order valence-corrected chi connectivity index (χ2v) is 7.04. The van der Waals surface area contributed by atoms with Crippen molar-refractivity contribution in [2.75, 3.05) is 6.54 Å². The van der Waals surface area contributed by atoms with Crippen LogP contribution in [-0.2, 0) is 14.4 Å². The number of nitrogens with zero attached hydrogens (tertiary/aromatic N) is 1. The van der Waals surface area contributed by atoms with Gasteiger partial charge in [0.25, 0.3) is 0 Å². The first-order chi connectivity index (χ1) is 12.4. The summed E-state index contributed by atoms with van der Waals surface area (Å²) in [6, 6.07) is 2.95. The minimum Gasteiger partial charge on any atom is -0.350 e. The van der Waals surface area contributed by atoms with Gasteiger partial charge < -0.3 is 5.32 Å². The van der Waals surface area contributed by atoms with E-state index in [1.165, 1.54) is 11.0 Å². The van der Waals surface area contributed by atoms with Crippen molar-refractivity contribution in [1.29, 1.82) is 0 Å². The molecule has 2 fully saturated rings. The van der Waals surface area contributed by atoms with Gasteiger partial charge in [-0.15, -0.1) is 0 Å². The van der Waals surface area contributed by atoms with Crippen LogP contribution in [-0.4, -0.2) is 29.2 Å². The maximum Gasteiger partial charge on any atom is 0.233 e. The predicted octanol–water partition coefficient (Wildman–Crippen LogP) is 2.71. The smallest absolute Gasteiger partial charge is 0.233 e. The quantitative estimate of drug-likeness (QED) is 0.817. The van der Waals surface area contributed by atoms with Crippen molar-refractivity contribution in [2.24, 2.45) is 11.8 Å². The van der Waals surface area contributed by atoms with E-state index >= 15 is 0 Å². The molecular formula is C19H22F2N2O3. The van der Waals surface area contributed by atoms with Crippen LogP contribution in [0.2, 0.25) is 0 Å². The first-order valence-corrected chi connectivity index (χ1v) is 8.98. The molecule has 26 heavy (non-hydrogen) atoms. The van der Waals surface area contributed by atoms with E-state index in [4.69, 9.17) is 0 Å². The zero-order chi connectivity index (χ0) is 18.8. The summed E-state index contributed by atoms with van der Waals surface area (Å²) in [5.74, 6) is -3.04. The van der Waals surface area contributed by atoms with E-state index in [9.17, 15) is 23.2 Å². The Kier molecular flexibility index (Phi) is 5.34. The van der Waals surface area contributed by atoms with Crippen molar-refractivity contribution in [3.05, 3.63) is 35.4 Å². The van der Waals surface area contributed by atoms with Gasteiger partial charge in [0.2, 0.25) is 17.7 Å². The van der Waals surface area contributed by atoms with Crippen LogP contribution in [0.1, 0.15) is 50.6 Å². The fraction of sp³-hybridized carbons (Fsp3) is 0.526. The molecule has 0 aromatic heterocycles. The van der Waals surface area contributed by atoms with Gasteiger partial charge in [0, 0.05) is 13.0 Å². The number of carbonyl (C=O) groups excluding carboxylic acids is 3. The van der Waals surface area contributed by atoms with E-state index < -0.39 is 17.7 Å². The van der Waals surface area contributed by atoms with Crippen LogP contribution >= 0.6 is 0 Å². The van der Waals surface area contributed by atoms with Gasteiger partial charge in [-0.05, 0) is 37.5 Å². The minimum atomic E-state index is -0.973. The van der Waals surface area contributed by atoms with Crippen LogP contribution in [0, 0.1) is 23.5 Å². The molecule has 0 bridgehead atoms. The van der Waals surface area contributed by atoms with Crippen molar-refractivity contribution in [2.45, 2.75) is 45.1 Å². The normalized spacial score (nSPS) is 23.7. The van der Waals surface area contributed by atoms with Crippen LogP contribution in [0.25, 0.3) is 0 Å². The number of nitrogens with one attached hydrogen (secondary N) is 1. The first-order valence-electron chi connectivity index (χ1n) is 8.98. The summed E-state index contributed by atoms with van der Waals surface area (Å²) in [5.41, 5.74) is 0.441. The molecule has 1 saturated carbocycles. The highest BCUT2D eigenvalue weighted by atomic mass is 19.2. The summed E-state index contributed by atoms with van der Waals surface area (Å²) in [7, 11) is 0. The van der Waals surface area contributed by atoms with Crippen LogP contribution in [0.5, 0.6) is 0 Å². The molecular weight excluding hydrogens is 342 g/mol. The monoisotopic (exact) mass is 364 g/mol. The summed E-state index contributed by atoms with van der Waals surface area (Å²) < 4.78 is 26.3. The maximum atomic E-state index is 13.3. The number of likely N-dealkylation sites (tertiary alicyclic amines) is 1. The number of carbonyl (C=O) groups is 3. The molecule has 3 atom stereocenters. The van der Waals surface area contributed by atoms with Crippen molar-refractivity contribution in [1.82, 2.24) is 10.2 Å². The molecule has 0 radical (unpaired) electrons. The Bertz CT molecular complexity index is 713. The van der Waals surface area contributed by atoms with Crippen molar-refractivity contribution < 1.29 is 23.2 Å². The van der Waals surface area contributed by atoms with Gasteiger partial charge in [-0.25, -0.2) is 8.78 Å². The van der Waals surface area contributed by atoms with Gasteiger partial charge in [-0.2, -0.15) is 0 Å². The highest BCUT2D eigenvalue weighted by molar-refractivity contribution is 6.05. The summed E-state index contributed by atoms with van der Waals surface area (Å²) in [6.45, 7) is 1.71. The number of imide groups is 1. The van der Waals surface area contributed by atoms with Gasteiger partial charge in [0.1, 0.15) is 0 Å². The number of amides is 3. The highest BCUT2D eigenvalue weighted by Crippen LogP contribution is 2.37. The van der Waals surface area contributed by atoms with Gasteiger partial charge >= 0.3 is 0 Å². The summed E-state index contributed by atoms with van der Waals surface area (Å²) in [6.07, 6.45) is 3.39. The molecule has 1 saturated heterocycles. The van der Waals surface area contributed by atoms with E-state index in [2.05, 4.69) is 5.32 Å². The lowest BCUT2D eigenvalue weighted by molar-refractivity contribution is -0.140. The van der Waals surface area contributed by atoms with E-state index in [1.807, 2.05) is 0 Å². The largest absolute Gasteiger partial charge is 0.350 e. The lowest BCUT2D eigenvalue weighted by Gasteiger charge is -2.19. The summed E-state index contributed by atoms with van der Waals surface area (Å²) in [5, 5.41) is 2.68. The van der Waals surface area contributed by atoms with E-state index in [0.29, 0.717) is 5.56 Å². The topological polar surface area (TPSA) is 66.5 Å². The van der Waals surface area contributed by atoms with Crippen LogP contribution in [0.4, 0.5) is 8.78 Å². The van der Waals surface area contributed by atoms with Crippen LogP contribution in [0.15, 0.2) is 18.2 Å². The highest BCUT2D eigenvalue weighted by Gasteiger charge is 2.47. The van der Waals surface area contributed by atoms with E-state index in [1.54, 1.807) is 6.92 Å². The number of hydrogen-bond donors (Lipinski definition) is 1. The first kappa shape index (κ1) is 18.5. The molecule has 1 N–H and O–H groups in total. The number of fused-ring (bicyclic) bond motifs is 1. The van der Waals surface area contributed by atoms with Crippen molar-refractivity contribution >= 4 is 17.7 Å². The minimum absolute atomic E-state index is 0.00899. The molecule has 3 amide bonds. The molecule has 1 aliphatic carbocycles. The molecule has 0 unspecified atom stereocenters. The molecule has 1 aliphatic heterocycles. The third kappa shape index (κ3) is 3.61.